The normalized spacial score (nSPS) is 13.3. The van der Waals surface area contributed by atoms with Crippen LogP contribution in [-0.2, 0) is 27.5 Å². The van der Waals surface area contributed by atoms with E-state index in [4.69, 9.17) is 9.47 Å². The maximum absolute atomic E-state index is 12.6. The molecule has 0 aromatic heterocycles. The molecule has 0 radical (unpaired) electrons. The molecule has 5 nitrogen and oxygen atoms in total. The summed E-state index contributed by atoms with van der Waals surface area (Å²) in [6.07, 6.45) is 3.10. The van der Waals surface area contributed by atoms with Gasteiger partial charge in [0, 0.05) is 12.7 Å². The molecule has 5 heteroatoms. The van der Waals surface area contributed by atoms with Crippen molar-refractivity contribution >= 4 is 5.78 Å². The van der Waals surface area contributed by atoms with Crippen LogP contribution in [0, 0.1) is 0 Å². The second-order valence-corrected chi connectivity index (χ2v) is 6.83. The zero-order valence-corrected chi connectivity index (χ0v) is 17.0. The van der Waals surface area contributed by atoms with E-state index in [-0.39, 0.29) is 19.0 Å². The number of carbonyl (C=O) groups is 1. The molecule has 2 N–H and O–H groups in total. The summed E-state index contributed by atoms with van der Waals surface area (Å²) in [5, 5.41) is 13.6. The van der Waals surface area contributed by atoms with E-state index < -0.39 is 12.2 Å². The molecule has 0 aliphatic carbocycles. The number of ketones is 1. The minimum Gasteiger partial charge on any atom is -0.391 e. The van der Waals surface area contributed by atoms with Crippen LogP contribution in [0.1, 0.15) is 30.9 Å². The molecule has 0 bridgehead atoms. The molecule has 2 rings (SSSR count). The summed E-state index contributed by atoms with van der Waals surface area (Å²) in [7, 11) is 0. The highest BCUT2D eigenvalue weighted by Gasteiger charge is 2.26. The van der Waals surface area contributed by atoms with E-state index >= 15 is 0 Å². The number of unbranched alkanes of at least 4 members (excludes halogenated alkanes) is 1. The molecular weight excluding hydrogens is 366 g/mol. The highest BCUT2D eigenvalue weighted by atomic mass is 16.5. The molecule has 0 fully saturated rings. The van der Waals surface area contributed by atoms with Gasteiger partial charge in [0.05, 0.1) is 19.8 Å². The van der Waals surface area contributed by atoms with Gasteiger partial charge in [-0.25, -0.2) is 0 Å². The van der Waals surface area contributed by atoms with Crippen molar-refractivity contribution in [2.24, 2.45) is 0 Å². The van der Waals surface area contributed by atoms with Gasteiger partial charge in [-0.1, -0.05) is 74.0 Å². The fourth-order valence-electron chi connectivity index (χ4n) is 2.70. The molecule has 0 aliphatic heterocycles. The monoisotopic (exact) mass is 397 g/mol. The molecule has 156 valence electrons. The number of aliphatic hydroxyl groups excluding tert-OH is 1. The smallest absolute Gasteiger partial charge is 0.188 e. The second-order valence-electron chi connectivity index (χ2n) is 6.83. The SMILES string of the molecule is CCCCN/C=C/C(=O)[C@H](OCc1ccccc1)[C@H](O)COCc1ccccc1. The summed E-state index contributed by atoms with van der Waals surface area (Å²) in [4.78, 5) is 12.6. The van der Waals surface area contributed by atoms with Gasteiger partial charge in [0.1, 0.15) is 12.2 Å². The maximum atomic E-state index is 12.6. The van der Waals surface area contributed by atoms with E-state index in [0.717, 1.165) is 30.5 Å². The van der Waals surface area contributed by atoms with Gasteiger partial charge in [0.15, 0.2) is 5.78 Å². The fraction of sp³-hybridized carbons (Fsp3) is 0.375. The standard InChI is InChI=1S/C24H31NO4/c1-2-3-15-25-16-14-22(26)24(29-18-21-12-8-5-9-13-21)23(27)19-28-17-20-10-6-4-7-11-20/h4-14,16,23-25,27H,2-3,15,17-19H2,1H3/b16-14+/t23-,24+/m1/s1. The first-order valence-electron chi connectivity index (χ1n) is 10.1. The van der Waals surface area contributed by atoms with Gasteiger partial charge >= 0.3 is 0 Å². The molecule has 2 aromatic carbocycles. The Labute approximate surface area is 173 Å². The first-order valence-corrected chi connectivity index (χ1v) is 10.1. The highest BCUT2D eigenvalue weighted by Crippen LogP contribution is 2.10. The van der Waals surface area contributed by atoms with Gasteiger partial charge in [0.25, 0.3) is 0 Å². The third-order valence-corrected chi connectivity index (χ3v) is 4.34. The number of nitrogens with one attached hydrogen (secondary N) is 1. The Bertz CT molecular complexity index is 718. The van der Waals surface area contributed by atoms with Gasteiger partial charge in [-0.15, -0.1) is 0 Å². The summed E-state index contributed by atoms with van der Waals surface area (Å²) in [6, 6.07) is 19.3. The zero-order chi connectivity index (χ0) is 20.7. The van der Waals surface area contributed by atoms with E-state index in [0.29, 0.717) is 6.61 Å². The minimum absolute atomic E-state index is 0.0111. The quantitative estimate of drug-likeness (QED) is 0.376. The lowest BCUT2D eigenvalue weighted by molar-refractivity contribution is -0.139. The van der Waals surface area contributed by atoms with Gasteiger partial charge in [0.2, 0.25) is 0 Å². The molecule has 0 aliphatic rings. The lowest BCUT2D eigenvalue weighted by Gasteiger charge is -2.21. The molecule has 0 unspecified atom stereocenters. The summed E-state index contributed by atoms with van der Waals surface area (Å²) >= 11 is 0. The van der Waals surface area contributed by atoms with Gasteiger partial charge in [-0.05, 0) is 23.6 Å². The summed E-state index contributed by atoms with van der Waals surface area (Å²) < 4.78 is 11.4. The highest BCUT2D eigenvalue weighted by molar-refractivity contribution is 5.93. The largest absolute Gasteiger partial charge is 0.391 e. The number of rotatable bonds is 14. The van der Waals surface area contributed by atoms with Crippen LogP contribution in [0.15, 0.2) is 72.9 Å². The van der Waals surface area contributed by atoms with Crippen molar-refractivity contribution in [3.05, 3.63) is 84.1 Å². The third kappa shape index (κ3) is 9.05. The Morgan fingerprint density at radius 2 is 1.66 bits per heavy atom. The molecule has 0 amide bonds. The third-order valence-electron chi connectivity index (χ3n) is 4.34. The molecule has 0 spiro atoms. The second kappa shape index (κ2) is 13.7. The average molecular weight is 398 g/mol. The Kier molecular flexibility index (Phi) is 10.7. The minimum atomic E-state index is -1.06. The van der Waals surface area contributed by atoms with Gasteiger partial charge < -0.3 is 19.9 Å². The number of aliphatic hydroxyl groups is 1. The molecular formula is C24H31NO4. The Morgan fingerprint density at radius 3 is 2.28 bits per heavy atom. The van der Waals surface area contributed by atoms with E-state index in [9.17, 15) is 9.90 Å². The van der Waals surface area contributed by atoms with Crippen LogP contribution in [0.25, 0.3) is 0 Å². The lowest BCUT2D eigenvalue weighted by Crippen LogP contribution is -2.39. The number of hydrogen-bond acceptors (Lipinski definition) is 5. The van der Waals surface area contributed by atoms with Crippen molar-refractivity contribution in [3.8, 4) is 0 Å². The van der Waals surface area contributed by atoms with Gasteiger partial charge in [-0.2, -0.15) is 0 Å². The van der Waals surface area contributed by atoms with Crippen LogP contribution < -0.4 is 5.32 Å². The Hall–Kier alpha value is -2.47. The molecule has 0 heterocycles. The van der Waals surface area contributed by atoms with Crippen LogP contribution in [0.2, 0.25) is 0 Å². The summed E-state index contributed by atoms with van der Waals surface area (Å²) in [6.45, 7) is 3.53. The van der Waals surface area contributed by atoms with Gasteiger partial charge in [-0.3, -0.25) is 4.79 Å². The van der Waals surface area contributed by atoms with Crippen molar-refractivity contribution in [2.75, 3.05) is 13.2 Å². The van der Waals surface area contributed by atoms with Crippen molar-refractivity contribution in [3.63, 3.8) is 0 Å². The van der Waals surface area contributed by atoms with Crippen LogP contribution in [0.4, 0.5) is 0 Å². The predicted octanol–water partition coefficient (Wildman–Crippen LogP) is 3.62. The number of benzene rings is 2. The van der Waals surface area contributed by atoms with E-state index in [1.807, 2.05) is 60.7 Å². The first kappa shape index (κ1) is 22.8. The van der Waals surface area contributed by atoms with Crippen molar-refractivity contribution in [2.45, 2.75) is 45.2 Å². The molecule has 2 atom stereocenters. The fourth-order valence-corrected chi connectivity index (χ4v) is 2.70. The molecule has 29 heavy (non-hydrogen) atoms. The molecule has 0 saturated heterocycles. The topological polar surface area (TPSA) is 67.8 Å². The molecule has 2 aromatic rings. The van der Waals surface area contributed by atoms with Crippen molar-refractivity contribution in [1.29, 1.82) is 0 Å². The van der Waals surface area contributed by atoms with Crippen LogP contribution in [-0.4, -0.2) is 36.2 Å². The average Bonchev–Trinajstić information content (AvgIpc) is 2.75. The van der Waals surface area contributed by atoms with Crippen LogP contribution in [0.3, 0.4) is 0 Å². The number of ether oxygens (including phenoxy) is 2. The lowest BCUT2D eigenvalue weighted by atomic mass is 10.1. The Balaban J connectivity index is 1.91. The number of carbonyl (C=O) groups excluding carboxylic acids is 1. The summed E-state index contributed by atoms with van der Waals surface area (Å²) in [5.41, 5.74) is 1.94. The van der Waals surface area contributed by atoms with E-state index in [2.05, 4.69) is 12.2 Å². The Morgan fingerprint density at radius 1 is 1.03 bits per heavy atom. The van der Waals surface area contributed by atoms with E-state index in [1.165, 1.54) is 6.08 Å². The number of hydrogen-bond donors (Lipinski definition) is 2. The maximum Gasteiger partial charge on any atom is 0.188 e. The zero-order valence-electron chi connectivity index (χ0n) is 17.0. The van der Waals surface area contributed by atoms with Crippen LogP contribution in [0.5, 0.6) is 0 Å². The van der Waals surface area contributed by atoms with Crippen LogP contribution >= 0.6 is 0 Å². The first-order chi connectivity index (χ1) is 14.2. The van der Waals surface area contributed by atoms with Crippen molar-refractivity contribution in [1.82, 2.24) is 5.32 Å². The predicted molar refractivity (Wildman–Crippen MR) is 114 cm³/mol. The van der Waals surface area contributed by atoms with E-state index in [1.54, 1.807) is 6.20 Å². The summed E-state index contributed by atoms with van der Waals surface area (Å²) in [5.74, 6) is -0.291. The van der Waals surface area contributed by atoms with Crippen molar-refractivity contribution < 1.29 is 19.4 Å². The molecule has 0 saturated carbocycles.